The molecule has 3 rings (SSSR count). The van der Waals surface area contributed by atoms with Crippen molar-refractivity contribution in [2.45, 2.75) is 17.4 Å². The van der Waals surface area contributed by atoms with Crippen molar-refractivity contribution >= 4 is 28.9 Å². The number of aliphatic imine (C=N–C) groups is 1. The van der Waals surface area contributed by atoms with Gasteiger partial charge in [-0.25, -0.2) is 5.48 Å². The Morgan fingerprint density at radius 1 is 1.35 bits per heavy atom. The molecule has 1 aliphatic heterocycles. The Balaban J connectivity index is 1.54. The van der Waals surface area contributed by atoms with Gasteiger partial charge in [0.2, 0.25) is 0 Å². The highest BCUT2D eigenvalue weighted by Gasteiger charge is 2.18. The average molecular weight is 306 g/mol. The predicted molar refractivity (Wildman–Crippen MR) is 81.2 cm³/mol. The lowest BCUT2D eigenvalue weighted by atomic mass is 10.2. The first-order valence-electron chi connectivity index (χ1n) is 6.26. The van der Waals surface area contributed by atoms with Gasteiger partial charge in [-0.3, -0.25) is 9.83 Å². The zero-order valence-electron chi connectivity index (χ0n) is 10.9. The van der Waals surface area contributed by atoms with Crippen LogP contribution in [0.2, 0.25) is 0 Å². The maximum absolute atomic E-state index is 5.63. The molecule has 5 nitrogen and oxygen atoms in total. The minimum Gasteiger partial charge on any atom is -0.269 e. The third-order valence-electron chi connectivity index (χ3n) is 2.72. The number of thioether (sulfide) groups is 1. The molecule has 0 saturated heterocycles. The minimum absolute atomic E-state index is 0.0525. The first-order valence-corrected chi connectivity index (χ1v) is 8.06. The summed E-state index contributed by atoms with van der Waals surface area (Å²) in [6, 6.07) is 9.97. The highest BCUT2D eigenvalue weighted by atomic mass is 32.2. The fraction of sp³-hybridized carbons (Fsp3) is 0.308. The number of amidine groups is 1. The van der Waals surface area contributed by atoms with Gasteiger partial charge in [-0.2, -0.15) is 0 Å². The van der Waals surface area contributed by atoms with Gasteiger partial charge < -0.3 is 0 Å². The Morgan fingerprint density at radius 3 is 2.85 bits per heavy atom. The molecule has 1 atom stereocenters. The zero-order chi connectivity index (χ0) is 13.8. The first kappa shape index (κ1) is 13.5. The molecule has 0 unspecified atom stereocenters. The third-order valence-corrected chi connectivity index (χ3v) is 4.83. The van der Waals surface area contributed by atoms with Gasteiger partial charge in [-0.15, -0.1) is 10.2 Å². The lowest BCUT2D eigenvalue weighted by Crippen LogP contribution is -2.38. The fourth-order valence-electron chi connectivity index (χ4n) is 1.74. The molecule has 1 N–H and O–H groups in total. The molecule has 0 bridgehead atoms. The molecule has 0 saturated carbocycles. The molecule has 20 heavy (non-hydrogen) atoms. The summed E-state index contributed by atoms with van der Waals surface area (Å²) in [6.45, 7) is 2.61. The van der Waals surface area contributed by atoms with Crippen LogP contribution in [0.1, 0.15) is 10.6 Å². The highest BCUT2D eigenvalue weighted by molar-refractivity contribution is 8.01. The van der Waals surface area contributed by atoms with Crippen LogP contribution in [-0.2, 0) is 4.84 Å². The van der Waals surface area contributed by atoms with Crippen LogP contribution in [0.3, 0.4) is 0 Å². The Morgan fingerprint density at radius 2 is 2.20 bits per heavy atom. The van der Waals surface area contributed by atoms with Gasteiger partial charge in [0, 0.05) is 11.3 Å². The topological polar surface area (TPSA) is 59.4 Å². The smallest absolute Gasteiger partial charge is 0.174 e. The van der Waals surface area contributed by atoms with E-state index in [-0.39, 0.29) is 6.10 Å². The van der Waals surface area contributed by atoms with Crippen LogP contribution in [-0.4, -0.2) is 34.4 Å². The number of hydrogen-bond acceptors (Lipinski definition) is 7. The Bertz CT molecular complexity index is 599. The lowest BCUT2D eigenvalue weighted by molar-refractivity contribution is 0.0213. The largest absolute Gasteiger partial charge is 0.269 e. The van der Waals surface area contributed by atoms with E-state index in [1.54, 1.807) is 23.1 Å². The monoisotopic (exact) mass is 306 g/mol. The SMILES string of the molecule is Cc1nnc(SC[C@H]2CN=C(c3ccccc3)NO2)s1. The van der Waals surface area contributed by atoms with Gasteiger partial charge in [-0.1, -0.05) is 53.4 Å². The summed E-state index contributed by atoms with van der Waals surface area (Å²) in [5.41, 5.74) is 3.97. The van der Waals surface area contributed by atoms with Gasteiger partial charge in [0.15, 0.2) is 10.2 Å². The van der Waals surface area contributed by atoms with Gasteiger partial charge >= 0.3 is 0 Å². The van der Waals surface area contributed by atoms with Crippen LogP contribution in [0.4, 0.5) is 0 Å². The molecular formula is C13H14N4OS2. The third kappa shape index (κ3) is 3.36. The van der Waals surface area contributed by atoms with E-state index in [0.717, 1.165) is 26.5 Å². The molecule has 1 aromatic carbocycles. The highest BCUT2D eigenvalue weighted by Crippen LogP contribution is 2.23. The maximum Gasteiger partial charge on any atom is 0.174 e. The van der Waals surface area contributed by atoms with Gasteiger partial charge in [-0.05, 0) is 6.92 Å². The molecule has 0 radical (unpaired) electrons. The fourth-order valence-corrected chi connectivity index (χ4v) is 3.55. The summed E-state index contributed by atoms with van der Waals surface area (Å²) < 4.78 is 0.976. The molecule has 0 spiro atoms. The van der Waals surface area contributed by atoms with Crippen molar-refractivity contribution in [3.8, 4) is 0 Å². The van der Waals surface area contributed by atoms with E-state index in [1.165, 1.54) is 0 Å². The van der Waals surface area contributed by atoms with Crippen LogP contribution >= 0.6 is 23.1 Å². The van der Waals surface area contributed by atoms with Crippen LogP contribution in [0.5, 0.6) is 0 Å². The van der Waals surface area contributed by atoms with E-state index in [1.807, 2.05) is 37.3 Å². The zero-order valence-corrected chi connectivity index (χ0v) is 12.6. The van der Waals surface area contributed by atoms with Crippen molar-refractivity contribution in [1.82, 2.24) is 15.7 Å². The van der Waals surface area contributed by atoms with Gasteiger partial charge in [0.05, 0.1) is 6.54 Å². The summed E-state index contributed by atoms with van der Waals surface area (Å²) in [4.78, 5) is 10.2. The molecule has 104 valence electrons. The number of hydroxylamine groups is 1. The Labute approximate surface area is 125 Å². The number of rotatable bonds is 4. The van der Waals surface area contributed by atoms with Crippen molar-refractivity contribution in [2.24, 2.45) is 4.99 Å². The lowest BCUT2D eigenvalue weighted by Gasteiger charge is -2.22. The average Bonchev–Trinajstić information content (AvgIpc) is 2.92. The number of aryl methyl sites for hydroxylation is 1. The number of hydrogen-bond donors (Lipinski definition) is 1. The van der Waals surface area contributed by atoms with Gasteiger partial charge in [0.1, 0.15) is 11.1 Å². The Kier molecular flexibility index (Phi) is 4.29. The number of nitrogens with one attached hydrogen (secondary N) is 1. The summed E-state index contributed by atoms with van der Waals surface area (Å²) in [7, 11) is 0. The maximum atomic E-state index is 5.63. The summed E-state index contributed by atoms with van der Waals surface area (Å²) in [5.74, 6) is 1.60. The number of nitrogens with zero attached hydrogens (tertiary/aromatic N) is 3. The van der Waals surface area contributed by atoms with E-state index in [0.29, 0.717) is 6.54 Å². The van der Waals surface area contributed by atoms with Crippen molar-refractivity contribution in [3.63, 3.8) is 0 Å². The molecule has 0 aliphatic carbocycles. The number of aromatic nitrogens is 2. The Hall–Kier alpha value is -1.44. The molecule has 2 heterocycles. The molecule has 1 aliphatic rings. The first-order chi connectivity index (χ1) is 9.81. The molecular weight excluding hydrogens is 292 g/mol. The molecule has 2 aromatic rings. The number of benzene rings is 1. The van der Waals surface area contributed by atoms with Crippen LogP contribution in [0.25, 0.3) is 0 Å². The quantitative estimate of drug-likeness (QED) is 0.878. The van der Waals surface area contributed by atoms with Crippen LogP contribution < -0.4 is 5.48 Å². The van der Waals surface area contributed by atoms with E-state index in [9.17, 15) is 0 Å². The van der Waals surface area contributed by atoms with E-state index in [4.69, 9.17) is 4.84 Å². The molecule has 0 amide bonds. The van der Waals surface area contributed by atoms with Crippen molar-refractivity contribution in [3.05, 3.63) is 40.9 Å². The van der Waals surface area contributed by atoms with Crippen molar-refractivity contribution in [1.29, 1.82) is 0 Å². The predicted octanol–water partition coefficient (Wildman–Crippen LogP) is 2.29. The molecule has 0 fully saturated rings. The van der Waals surface area contributed by atoms with Crippen LogP contribution in [0, 0.1) is 6.92 Å². The van der Waals surface area contributed by atoms with E-state index >= 15 is 0 Å². The second-order valence-electron chi connectivity index (χ2n) is 4.30. The second kappa shape index (κ2) is 6.34. The molecule has 1 aromatic heterocycles. The standard InChI is InChI=1S/C13H14N4OS2/c1-9-15-16-13(20-9)19-8-11-7-14-12(17-18-11)10-5-3-2-4-6-10/h2-6,11H,7-8H2,1H3,(H,14,17)/t11-/m1/s1. The van der Waals surface area contributed by atoms with E-state index < -0.39 is 0 Å². The molecule has 7 heteroatoms. The normalized spacial score (nSPS) is 18.4. The van der Waals surface area contributed by atoms with Crippen molar-refractivity contribution < 1.29 is 4.84 Å². The van der Waals surface area contributed by atoms with Crippen molar-refractivity contribution in [2.75, 3.05) is 12.3 Å². The minimum atomic E-state index is 0.0525. The van der Waals surface area contributed by atoms with Crippen LogP contribution in [0.15, 0.2) is 39.7 Å². The summed E-state index contributed by atoms with van der Waals surface area (Å²) >= 11 is 3.26. The van der Waals surface area contributed by atoms with E-state index in [2.05, 4.69) is 20.7 Å². The van der Waals surface area contributed by atoms with Gasteiger partial charge in [0.25, 0.3) is 0 Å². The summed E-state index contributed by atoms with van der Waals surface area (Å²) in [5, 5.41) is 9.06. The second-order valence-corrected chi connectivity index (χ2v) is 6.74. The summed E-state index contributed by atoms with van der Waals surface area (Å²) in [6.07, 6.45) is 0.0525.